The first-order valence-corrected chi connectivity index (χ1v) is 6.25. The fraction of sp³-hybridized carbons (Fsp3) is 0.286. The molecule has 0 aliphatic carbocycles. The number of carbonyl (C=O) groups is 1. The van der Waals surface area contributed by atoms with Crippen LogP contribution in [0.4, 0.5) is 5.69 Å². The third-order valence-electron chi connectivity index (χ3n) is 3.38. The first kappa shape index (κ1) is 11.8. The molecule has 5 nitrogen and oxygen atoms in total. The highest BCUT2D eigenvalue weighted by atomic mass is 16.5. The molecule has 0 spiro atoms. The van der Waals surface area contributed by atoms with E-state index in [4.69, 9.17) is 9.63 Å². The summed E-state index contributed by atoms with van der Waals surface area (Å²) < 4.78 is 5.13. The highest BCUT2D eigenvalue weighted by Gasteiger charge is 2.19. The molecular weight excluding hydrogens is 244 g/mol. The van der Waals surface area contributed by atoms with Gasteiger partial charge < -0.3 is 14.5 Å². The van der Waals surface area contributed by atoms with Crippen LogP contribution in [0.2, 0.25) is 0 Å². The van der Waals surface area contributed by atoms with Crippen molar-refractivity contribution < 1.29 is 14.4 Å². The smallest absolute Gasteiger partial charge is 0.335 e. The van der Waals surface area contributed by atoms with Crippen molar-refractivity contribution in [2.75, 3.05) is 11.4 Å². The maximum atomic E-state index is 11.0. The molecule has 98 valence electrons. The molecule has 2 heterocycles. The van der Waals surface area contributed by atoms with Gasteiger partial charge in [-0.3, -0.25) is 0 Å². The van der Waals surface area contributed by atoms with Crippen molar-refractivity contribution >= 4 is 11.7 Å². The Bertz CT molecular complexity index is 593. The van der Waals surface area contributed by atoms with Gasteiger partial charge in [-0.25, -0.2) is 4.79 Å². The zero-order valence-corrected chi connectivity index (χ0v) is 10.4. The fourth-order valence-electron chi connectivity index (χ4n) is 2.48. The normalized spacial score (nSPS) is 14.2. The SMILES string of the molecule is O=C(O)c1ccc2c(c1)CCCN2Cc1ccno1. The molecule has 19 heavy (non-hydrogen) atoms. The number of anilines is 1. The molecule has 5 heteroatoms. The molecule has 3 rings (SSSR count). The van der Waals surface area contributed by atoms with Crippen molar-refractivity contribution in [2.45, 2.75) is 19.4 Å². The van der Waals surface area contributed by atoms with Crippen molar-refractivity contribution in [3.63, 3.8) is 0 Å². The van der Waals surface area contributed by atoms with Crippen molar-refractivity contribution in [3.8, 4) is 0 Å². The monoisotopic (exact) mass is 258 g/mol. The molecule has 1 N–H and O–H groups in total. The number of nitrogens with zero attached hydrogens (tertiary/aromatic N) is 2. The predicted octanol–water partition coefficient (Wildman–Crippen LogP) is 2.33. The lowest BCUT2D eigenvalue weighted by Gasteiger charge is -2.30. The molecule has 0 bridgehead atoms. The van der Waals surface area contributed by atoms with Gasteiger partial charge in [-0.1, -0.05) is 5.16 Å². The van der Waals surface area contributed by atoms with Crippen molar-refractivity contribution in [1.29, 1.82) is 0 Å². The van der Waals surface area contributed by atoms with Gasteiger partial charge in [0.05, 0.1) is 18.3 Å². The molecule has 1 aliphatic heterocycles. The van der Waals surface area contributed by atoms with Gasteiger partial charge >= 0.3 is 5.97 Å². The molecule has 0 radical (unpaired) electrons. The van der Waals surface area contributed by atoms with E-state index in [0.717, 1.165) is 36.4 Å². The maximum absolute atomic E-state index is 11.0. The second-order valence-electron chi connectivity index (χ2n) is 4.65. The Morgan fingerprint density at radius 3 is 3.05 bits per heavy atom. The number of hydrogen-bond donors (Lipinski definition) is 1. The third-order valence-corrected chi connectivity index (χ3v) is 3.38. The van der Waals surface area contributed by atoms with E-state index in [1.807, 2.05) is 12.1 Å². The van der Waals surface area contributed by atoms with Crippen LogP contribution in [-0.4, -0.2) is 22.8 Å². The van der Waals surface area contributed by atoms with E-state index >= 15 is 0 Å². The van der Waals surface area contributed by atoms with Gasteiger partial charge in [-0.05, 0) is 36.6 Å². The summed E-state index contributed by atoms with van der Waals surface area (Å²) in [5, 5.41) is 12.7. The van der Waals surface area contributed by atoms with Crippen LogP contribution in [0.1, 0.15) is 28.1 Å². The Morgan fingerprint density at radius 1 is 1.42 bits per heavy atom. The van der Waals surface area contributed by atoms with Gasteiger partial charge in [0.15, 0.2) is 5.76 Å². The topological polar surface area (TPSA) is 66.6 Å². The highest BCUT2D eigenvalue weighted by Crippen LogP contribution is 2.29. The fourth-order valence-corrected chi connectivity index (χ4v) is 2.48. The van der Waals surface area contributed by atoms with Crippen LogP contribution in [0.25, 0.3) is 0 Å². The number of carboxylic acid groups (broad SMARTS) is 1. The molecular formula is C14H14N2O3. The van der Waals surface area contributed by atoms with E-state index in [-0.39, 0.29) is 0 Å². The Balaban J connectivity index is 1.89. The summed E-state index contributed by atoms with van der Waals surface area (Å²) in [5.74, 6) is -0.0645. The molecule has 1 aromatic heterocycles. The average Bonchev–Trinajstić information content (AvgIpc) is 2.91. The Hall–Kier alpha value is -2.30. The lowest BCUT2D eigenvalue weighted by Crippen LogP contribution is -2.28. The minimum Gasteiger partial charge on any atom is -0.478 e. The summed E-state index contributed by atoms with van der Waals surface area (Å²) in [7, 11) is 0. The van der Waals surface area contributed by atoms with Gasteiger partial charge in [-0.15, -0.1) is 0 Å². The molecule has 1 aromatic carbocycles. The van der Waals surface area contributed by atoms with E-state index in [1.54, 1.807) is 18.3 Å². The van der Waals surface area contributed by atoms with Crippen LogP contribution in [0.5, 0.6) is 0 Å². The quantitative estimate of drug-likeness (QED) is 0.915. The summed E-state index contributed by atoms with van der Waals surface area (Å²) in [6.07, 6.45) is 3.57. The summed E-state index contributed by atoms with van der Waals surface area (Å²) in [4.78, 5) is 13.2. The zero-order chi connectivity index (χ0) is 13.2. The number of fused-ring (bicyclic) bond motifs is 1. The van der Waals surface area contributed by atoms with Crippen LogP contribution in [0.3, 0.4) is 0 Å². The van der Waals surface area contributed by atoms with E-state index < -0.39 is 5.97 Å². The van der Waals surface area contributed by atoms with Crippen molar-refractivity contribution in [2.24, 2.45) is 0 Å². The summed E-state index contributed by atoms with van der Waals surface area (Å²) in [6.45, 7) is 1.61. The molecule has 0 unspecified atom stereocenters. The zero-order valence-electron chi connectivity index (χ0n) is 10.4. The number of hydrogen-bond acceptors (Lipinski definition) is 4. The number of aromatic carboxylic acids is 1. The van der Waals surface area contributed by atoms with E-state index in [0.29, 0.717) is 12.1 Å². The molecule has 2 aromatic rings. The lowest BCUT2D eigenvalue weighted by atomic mass is 9.99. The van der Waals surface area contributed by atoms with E-state index in [9.17, 15) is 4.79 Å². The Kier molecular flexibility index (Phi) is 2.95. The van der Waals surface area contributed by atoms with Gasteiger partial charge in [0.1, 0.15) is 0 Å². The molecule has 0 amide bonds. The standard InChI is InChI=1S/C14H14N2O3/c17-14(18)11-3-4-13-10(8-11)2-1-7-16(13)9-12-5-6-15-19-12/h3-6,8H,1-2,7,9H2,(H,17,18). The second-order valence-corrected chi connectivity index (χ2v) is 4.65. The molecule has 0 saturated heterocycles. The number of benzene rings is 1. The Labute approximate surface area is 110 Å². The molecule has 1 aliphatic rings. The maximum Gasteiger partial charge on any atom is 0.335 e. The molecule has 0 fully saturated rings. The largest absolute Gasteiger partial charge is 0.478 e. The van der Waals surface area contributed by atoms with Gasteiger partial charge in [0.25, 0.3) is 0 Å². The number of aryl methyl sites for hydroxylation is 1. The van der Waals surface area contributed by atoms with Crippen molar-refractivity contribution in [3.05, 3.63) is 47.3 Å². The minimum atomic E-state index is -0.879. The second kappa shape index (κ2) is 4.76. The number of aromatic nitrogens is 1. The van der Waals surface area contributed by atoms with Crippen LogP contribution in [0.15, 0.2) is 35.0 Å². The van der Waals surface area contributed by atoms with E-state index in [2.05, 4.69) is 10.1 Å². The average molecular weight is 258 g/mol. The van der Waals surface area contributed by atoms with E-state index in [1.165, 1.54) is 0 Å². The predicted molar refractivity (Wildman–Crippen MR) is 69.3 cm³/mol. The lowest BCUT2D eigenvalue weighted by molar-refractivity contribution is 0.0696. The minimum absolute atomic E-state index is 0.347. The van der Waals surface area contributed by atoms with Crippen LogP contribution >= 0.6 is 0 Å². The van der Waals surface area contributed by atoms with Crippen LogP contribution in [0, 0.1) is 0 Å². The summed E-state index contributed by atoms with van der Waals surface area (Å²) in [6, 6.07) is 7.15. The number of carboxylic acids is 1. The highest BCUT2D eigenvalue weighted by molar-refractivity contribution is 5.88. The Morgan fingerprint density at radius 2 is 2.32 bits per heavy atom. The molecule has 0 atom stereocenters. The summed E-state index contributed by atoms with van der Waals surface area (Å²) in [5.41, 5.74) is 2.53. The van der Waals surface area contributed by atoms with Crippen molar-refractivity contribution in [1.82, 2.24) is 5.16 Å². The van der Waals surface area contributed by atoms with Gasteiger partial charge in [-0.2, -0.15) is 0 Å². The number of rotatable bonds is 3. The van der Waals surface area contributed by atoms with Gasteiger partial charge in [0.2, 0.25) is 0 Å². The van der Waals surface area contributed by atoms with Crippen LogP contribution < -0.4 is 4.90 Å². The van der Waals surface area contributed by atoms with Gasteiger partial charge in [0, 0.05) is 18.3 Å². The summed E-state index contributed by atoms with van der Waals surface area (Å²) >= 11 is 0. The first-order valence-electron chi connectivity index (χ1n) is 6.25. The first-order chi connectivity index (χ1) is 9.24. The third kappa shape index (κ3) is 2.31. The molecule has 0 saturated carbocycles. The van der Waals surface area contributed by atoms with Crippen LogP contribution in [-0.2, 0) is 13.0 Å².